The van der Waals surface area contributed by atoms with Gasteiger partial charge in [-0.05, 0) is 63.3 Å². The van der Waals surface area contributed by atoms with Crippen molar-refractivity contribution in [2.45, 2.75) is 26.2 Å². The molecule has 4 rings (SSSR count). The number of fused-ring (bicyclic) bond motifs is 1. The Morgan fingerprint density at radius 3 is 2.68 bits per heavy atom. The molecular weight excluding hydrogens is 392 g/mol. The first-order chi connectivity index (χ1) is 15.0. The van der Waals surface area contributed by atoms with Gasteiger partial charge < -0.3 is 14.1 Å². The van der Waals surface area contributed by atoms with Gasteiger partial charge in [0, 0.05) is 30.0 Å². The molecule has 1 atom stereocenters. The van der Waals surface area contributed by atoms with Gasteiger partial charge in [0.25, 0.3) is 0 Å². The van der Waals surface area contributed by atoms with Crippen LogP contribution in [0.3, 0.4) is 0 Å². The van der Waals surface area contributed by atoms with Crippen LogP contribution in [0.15, 0.2) is 52.0 Å². The maximum atomic E-state index is 11.6. The van der Waals surface area contributed by atoms with E-state index in [-0.39, 0.29) is 11.8 Å². The highest BCUT2D eigenvalue weighted by molar-refractivity contribution is 6.07. The number of oxazole rings is 1. The molecule has 0 aliphatic carbocycles. The lowest BCUT2D eigenvalue weighted by Crippen LogP contribution is -2.33. The van der Waals surface area contributed by atoms with Crippen molar-refractivity contribution < 1.29 is 13.9 Å². The van der Waals surface area contributed by atoms with Crippen molar-refractivity contribution in [3.63, 3.8) is 0 Å². The Morgan fingerprint density at radius 2 is 1.94 bits per heavy atom. The van der Waals surface area contributed by atoms with Gasteiger partial charge in [0.1, 0.15) is 11.3 Å². The fourth-order valence-corrected chi connectivity index (χ4v) is 3.69. The van der Waals surface area contributed by atoms with Crippen molar-refractivity contribution >= 4 is 22.7 Å². The van der Waals surface area contributed by atoms with Crippen molar-refractivity contribution in [1.82, 2.24) is 15.3 Å². The third-order valence-corrected chi connectivity index (χ3v) is 5.42. The lowest BCUT2D eigenvalue weighted by molar-refractivity contribution is -0.122. The van der Waals surface area contributed by atoms with E-state index >= 15 is 0 Å². The predicted molar refractivity (Wildman–Crippen MR) is 121 cm³/mol. The van der Waals surface area contributed by atoms with E-state index in [9.17, 15) is 4.79 Å². The maximum absolute atomic E-state index is 11.6. The smallest absolute Gasteiger partial charge is 0.240 e. The second kappa shape index (κ2) is 9.31. The average molecular weight is 421 g/mol. The number of hydrogen-bond donors (Lipinski definition) is 1. The number of amides is 1. The monoisotopic (exact) mass is 420 g/mol. The normalized spacial score (nSPS) is 16.5. The summed E-state index contributed by atoms with van der Waals surface area (Å²) in [6.45, 7) is 3.76. The van der Waals surface area contributed by atoms with Crippen molar-refractivity contribution in [3.05, 3.63) is 48.0 Å². The van der Waals surface area contributed by atoms with E-state index in [1.165, 1.54) is 0 Å². The molecule has 0 bridgehead atoms. The summed E-state index contributed by atoms with van der Waals surface area (Å²) in [5.74, 6) is 1.48. The lowest BCUT2D eigenvalue weighted by atomic mass is 9.90. The fraction of sp³-hybridized carbons (Fsp3) is 0.375. The molecule has 1 N–H and O–H groups in total. The Balaban J connectivity index is 1.50. The first kappa shape index (κ1) is 21.1. The van der Waals surface area contributed by atoms with E-state index in [0.29, 0.717) is 24.5 Å². The lowest BCUT2D eigenvalue weighted by Gasteiger charge is -2.21. The molecular formula is C24H28N4O3. The van der Waals surface area contributed by atoms with Crippen LogP contribution in [0.5, 0.6) is 5.75 Å². The number of carbonyl (C=O) groups is 1. The molecule has 1 amide bonds. The molecule has 31 heavy (non-hydrogen) atoms. The Kier molecular flexibility index (Phi) is 6.32. The summed E-state index contributed by atoms with van der Waals surface area (Å²) >= 11 is 0. The second-order valence-electron chi connectivity index (χ2n) is 8.07. The molecule has 7 nitrogen and oxygen atoms in total. The molecule has 3 aromatic rings. The maximum Gasteiger partial charge on any atom is 0.240 e. The summed E-state index contributed by atoms with van der Waals surface area (Å²) in [5, 5.41) is 4.29. The number of hydrazone groups is 1. The van der Waals surface area contributed by atoms with Gasteiger partial charge in [0.05, 0.1) is 12.3 Å². The van der Waals surface area contributed by atoms with Gasteiger partial charge in [-0.25, -0.2) is 10.4 Å². The van der Waals surface area contributed by atoms with Crippen LogP contribution in [0.1, 0.15) is 31.7 Å². The van der Waals surface area contributed by atoms with Gasteiger partial charge in [-0.15, -0.1) is 0 Å². The van der Waals surface area contributed by atoms with E-state index in [1.54, 1.807) is 0 Å². The highest BCUT2D eigenvalue weighted by Gasteiger charge is 2.24. The average Bonchev–Trinajstić information content (AvgIpc) is 3.20. The minimum Gasteiger partial charge on any atom is -0.494 e. The van der Waals surface area contributed by atoms with Crippen LogP contribution in [-0.4, -0.2) is 48.7 Å². The van der Waals surface area contributed by atoms with E-state index in [4.69, 9.17) is 9.15 Å². The Hall–Kier alpha value is -3.19. The number of hydrogen-bond acceptors (Lipinski definition) is 6. The van der Waals surface area contributed by atoms with Gasteiger partial charge in [0.15, 0.2) is 5.58 Å². The van der Waals surface area contributed by atoms with Crippen molar-refractivity contribution in [2.24, 2.45) is 11.0 Å². The number of carbonyl (C=O) groups excluding carboxylic acids is 1. The second-order valence-corrected chi connectivity index (χ2v) is 8.07. The van der Waals surface area contributed by atoms with Crippen molar-refractivity contribution in [1.29, 1.82) is 0 Å². The molecule has 0 radical (unpaired) electrons. The molecule has 1 aliphatic heterocycles. The molecule has 1 aromatic heterocycles. The SMILES string of the molecule is CCC1CC(=O)NN=C1c1ccc2nc(-c3ccc(OCCCN(C)C)cc3)oc2c1. The van der Waals surface area contributed by atoms with Crippen LogP contribution < -0.4 is 10.2 Å². The zero-order chi connectivity index (χ0) is 21.8. The number of rotatable bonds is 8. The van der Waals surface area contributed by atoms with Crippen LogP contribution in [-0.2, 0) is 4.79 Å². The molecule has 0 spiro atoms. The molecule has 2 heterocycles. The molecule has 1 aliphatic rings. The zero-order valence-corrected chi connectivity index (χ0v) is 18.2. The molecule has 0 saturated heterocycles. The topological polar surface area (TPSA) is 80.0 Å². The van der Waals surface area contributed by atoms with Crippen LogP contribution in [0.2, 0.25) is 0 Å². The molecule has 1 unspecified atom stereocenters. The Bertz CT molecular complexity index is 1090. The molecule has 0 saturated carbocycles. The van der Waals surface area contributed by atoms with E-state index in [0.717, 1.165) is 47.5 Å². The summed E-state index contributed by atoms with van der Waals surface area (Å²) in [7, 11) is 4.11. The standard InChI is InChI=1S/C24H28N4O3/c1-4-16-15-22(29)26-27-23(16)18-8-11-20-21(14-18)31-24(25-20)17-6-9-19(10-7-17)30-13-5-12-28(2)3/h6-11,14,16H,4-5,12-13,15H2,1-3H3,(H,26,29). The number of benzene rings is 2. The number of aromatic nitrogens is 1. The highest BCUT2D eigenvalue weighted by atomic mass is 16.5. The first-order valence-electron chi connectivity index (χ1n) is 10.7. The number of ether oxygens (including phenoxy) is 1. The van der Waals surface area contributed by atoms with Gasteiger partial charge >= 0.3 is 0 Å². The van der Waals surface area contributed by atoms with Crippen LogP contribution >= 0.6 is 0 Å². The highest BCUT2D eigenvalue weighted by Crippen LogP contribution is 2.28. The largest absolute Gasteiger partial charge is 0.494 e. The van der Waals surface area contributed by atoms with Crippen LogP contribution in [0.4, 0.5) is 0 Å². The van der Waals surface area contributed by atoms with E-state index < -0.39 is 0 Å². The summed E-state index contributed by atoms with van der Waals surface area (Å²) < 4.78 is 11.8. The Labute approximate surface area is 182 Å². The molecule has 7 heteroatoms. The Morgan fingerprint density at radius 1 is 1.16 bits per heavy atom. The fourth-order valence-electron chi connectivity index (χ4n) is 3.69. The van der Waals surface area contributed by atoms with Gasteiger partial charge in [-0.1, -0.05) is 13.0 Å². The minimum atomic E-state index is -0.0382. The quantitative estimate of drug-likeness (QED) is 0.556. The third kappa shape index (κ3) is 4.94. The van der Waals surface area contributed by atoms with Crippen LogP contribution in [0.25, 0.3) is 22.6 Å². The van der Waals surface area contributed by atoms with Crippen molar-refractivity contribution in [3.8, 4) is 17.2 Å². The third-order valence-electron chi connectivity index (χ3n) is 5.42. The molecule has 2 aromatic carbocycles. The van der Waals surface area contributed by atoms with Gasteiger partial charge in [-0.3, -0.25) is 4.79 Å². The van der Waals surface area contributed by atoms with Crippen molar-refractivity contribution in [2.75, 3.05) is 27.2 Å². The van der Waals surface area contributed by atoms with Crippen LogP contribution in [0, 0.1) is 5.92 Å². The summed E-state index contributed by atoms with van der Waals surface area (Å²) in [6, 6.07) is 13.7. The zero-order valence-electron chi connectivity index (χ0n) is 18.2. The summed E-state index contributed by atoms with van der Waals surface area (Å²) in [5.41, 5.74) is 6.81. The molecule has 0 fully saturated rings. The predicted octanol–water partition coefficient (Wildman–Crippen LogP) is 4.08. The van der Waals surface area contributed by atoms with Gasteiger partial charge in [-0.2, -0.15) is 5.10 Å². The van der Waals surface area contributed by atoms with E-state index in [2.05, 4.69) is 41.4 Å². The number of nitrogens with one attached hydrogen (secondary N) is 1. The van der Waals surface area contributed by atoms with Gasteiger partial charge in [0.2, 0.25) is 11.8 Å². The molecule has 162 valence electrons. The minimum absolute atomic E-state index is 0.0382. The summed E-state index contributed by atoms with van der Waals surface area (Å²) in [4.78, 5) is 18.4. The first-order valence-corrected chi connectivity index (χ1v) is 10.7. The van der Waals surface area contributed by atoms with E-state index in [1.807, 2.05) is 42.5 Å². The summed E-state index contributed by atoms with van der Waals surface area (Å²) in [6.07, 6.45) is 2.30. The number of nitrogens with zero attached hydrogens (tertiary/aromatic N) is 3.